The van der Waals surface area contributed by atoms with Gasteiger partial charge in [-0.3, -0.25) is 10.3 Å². The lowest BCUT2D eigenvalue weighted by molar-refractivity contribution is 0.133. The van der Waals surface area contributed by atoms with Crippen LogP contribution < -0.4 is 5.32 Å². The van der Waals surface area contributed by atoms with Gasteiger partial charge in [-0.25, -0.2) is 14.5 Å². The zero-order valence-corrected chi connectivity index (χ0v) is 17.4. The van der Waals surface area contributed by atoms with Crippen LogP contribution in [0.15, 0.2) is 85.6 Å². The first-order valence-electron chi connectivity index (χ1n) is 10.5. The lowest BCUT2D eigenvalue weighted by Crippen LogP contribution is -2.23. The average Bonchev–Trinajstić information content (AvgIpc) is 3.52. The zero-order chi connectivity index (χ0) is 21.8. The average molecular weight is 425 g/mol. The number of aryl methyl sites for hydroxylation is 1. The number of nitrogens with zero attached hydrogens (tertiary/aromatic N) is 6. The van der Waals surface area contributed by atoms with Crippen LogP contribution in [0.25, 0.3) is 28.3 Å². The summed E-state index contributed by atoms with van der Waals surface area (Å²) in [6.07, 6.45) is 7.19. The van der Waals surface area contributed by atoms with Crippen LogP contribution in [-0.2, 0) is 6.54 Å². The molecule has 8 heteroatoms. The quantitative estimate of drug-likeness (QED) is 0.293. The normalized spacial score (nSPS) is 12.3. The molecular weight excluding hydrogens is 402 g/mol. The molecule has 0 aliphatic heterocycles. The van der Waals surface area contributed by atoms with Crippen LogP contribution in [0.1, 0.15) is 18.3 Å². The molecule has 0 saturated heterocycles. The molecule has 8 nitrogen and oxygen atoms in total. The Hall–Kier alpha value is -3.88. The topological polar surface area (TPSA) is 93.2 Å². The first-order valence-corrected chi connectivity index (χ1v) is 10.5. The number of benzene rings is 1. The Kier molecular flexibility index (Phi) is 5.69. The maximum Gasteiger partial charge on any atom is 0.156 e. The van der Waals surface area contributed by atoms with Gasteiger partial charge in [-0.2, -0.15) is 5.10 Å². The fraction of sp³-hybridized carbons (Fsp3) is 0.167. The number of fused-ring (bicyclic) bond motifs is 1. The SMILES string of the molecule is OC(NCCCn1ccnc1)c1cc2nc(-c3ccccc3)cc(-c3ccccn3)n2n1. The molecule has 2 N–H and O–H groups in total. The van der Waals surface area contributed by atoms with Gasteiger partial charge in [0, 0.05) is 36.8 Å². The van der Waals surface area contributed by atoms with Gasteiger partial charge in [0.1, 0.15) is 11.9 Å². The van der Waals surface area contributed by atoms with Gasteiger partial charge in [-0.05, 0) is 31.2 Å². The second kappa shape index (κ2) is 9.09. The molecule has 0 aliphatic rings. The molecule has 1 aromatic carbocycles. The first-order chi connectivity index (χ1) is 15.8. The monoisotopic (exact) mass is 425 g/mol. The summed E-state index contributed by atoms with van der Waals surface area (Å²) < 4.78 is 3.74. The van der Waals surface area contributed by atoms with Gasteiger partial charge < -0.3 is 9.67 Å². The molecule has 160 valence electrons. The van der Waals surface area contributed by atoms with Gasteiger partial charge in [0.25, 0.3) is 0 Å². The van der Waals surface area contributed by atoms with Gasteiger partial charge in [0.15, 0.2) is 5.65 Å². The van der Waals surface area contributed by atoms with Crippen LogP contribution in [0.2, 0.25) is 0 Å². The minimum absolute atomic E-state index is 0.516. The van der Waals surface area contributed by atoms with Crippen molar-refractivity contribution in [3.8, 4) is 22.6 Å². The molecule has 32 heavy (non-hydrogen) atoms. The molecule has 0 bridgehead atoms. The largest absolute Gasteiger partial charge is 0.373 e. The summed E-state index contributed by atoms with van der Waals surface area (Å²) in [7, 11) is 0. The minimum Gasteiger partial charge on any atom is -0.373 e. The highest BCUT2D eigenvalue weighted by Gasteiger charge is 2.17. The molecule has 1 unspecified atom stereocenters. The molecule has 1 atom stereocenters. The molecule has 0 saturated carbocycles. The van der Waals surface area contributed by atoms with Crippen LogP contribution >= 0.6 is 0 Å². The van der Waals surface area contributed by atoms with Crippen molar-refractivity contribution >= 4 is 5.65 Å². The third-order valence-electron chi connectivity index (χ3n) is 5.21. The summed E-state index contributed by atoms with van der Waals surface area (Å²) in [6.45, 7) is 1.47. The van der Waals surface area contributed by atoms with Crippen molar-refractivity contribution in [2.75, 3.05) is 6.54 Å². The van der Waals surface area contributed by atoms with Crippen LogP contribution in [-0.4, -0.2) is 40.8 Å². The fourth-order valence-corrected chi connectivity index (χ4v) is 3.60. The first kappa shape index (κ1) is 20.0. The van der Waals surface area contributed by atoms with Crippen molar-refractivity contribution in [3.05, 3.63) is 91.3 Å². The minimum atomic E-state index is -0.892. The molecule has 0 spiro atoms. The lowest BCUT2D eigenvalue weighted by Gasteiger charge is -2.10. The molecule has 5 rings (SSSR count). The number of aliphatic hydroxyl groups excluding tert-OH is 1. The van der Waals surface area contributed by atoms with E-state index in [4.69, 9.17) is 4.98 Å². The Labute approximate surface area is 185 Å². The number of imidazole rings is 1. The third kappa shape index (κ3) is 4.27. The van der Waals surface area contributed by atoms with Crippen molar-refractivity contribution in [3.63, 3.8) is 0 Å². The number of hydrogen-bond donors (Lipinski definition) is 2. The molecule has 4 heterocycles. The highest BCUT2D eigenvalue weighted by Crippen LogP contribution is 2.26. The van der Waals surface area contributed by atoms with Crippen LogP contribution in [0.4, 0.5) is 0 Å². The number of nitrogens with one attached hydrogen (secondary N) is 1. The van der Waals surface area contributed by atoms with Gasteiger partial charge in [-0.1, -0.05) is 36.4 Å². The van der Waals surface area contributed by atoms with Crippen LogP contribution in [0.3, 0.4) is 0 Å². The Balaban J connectivity index is 1.43. The second-order valence-corrected chi connectivity index (χ2v) is 7.46. The summed E-state index contributed by atoms with van der Waals surface area (Å²) in [4.78, 5) is 13.3. The molecule has 5 aromatic rings. The van der Waals surface area contributed by atoms with Crippen molar-refractivity contribution in [2.45, 2.75) is 19.2 Å². The molecule has 0 fully saturated rings. The van der Waals surface area contributed by atoms with Crippen molar-refractivity contribution in [1.82, 2.24) is 34.4 Å². The smallest absolute Gasteiger partial charge is 0.156 e. The summed E-state index contributed by atoms with van der Waals surface area (Å²) >= 11 is 0. The second-order valence-electron chi connectivity index (χ2n) is 7.46. The lowest BCUT2D eigenvalue weighted by atomic mass is 10.1. The van der Waals surface area contributed by atoms with E-state index >= 15 is 0 Å². The summed E-state index contributed by atoms with van der Waals surface area (Å²) in [5.74, 6) is 0. The molecular formula is C24H23N7O. The van der Waals surface area contributed by atoms with E-state index in [2.05, 4.69) is 20.4 Å². The summed E-state index contributed by atoms with van der Waals surface area (Å²) in [5, 5.41) is 18.4. The number of aliphatic hydroxyl groups is 1. The Morgan fingerprint density at radius 3 is 2.62 bits per heavy atom. The number of pyridine rings is 1. The number of rotatable bonds is 8. The number of aromatic nitrogens is 6. The Morgan fingerprint density at radius 1 is 0.969 bits per heavy atom. The third-order valence-corrected chi connectivity index (χ3v) is 5.21. The van der Waals surface area contributed by atoms with E-state index in [1.165, 1.54) is 0 Å². The number of hydrogen-bond acceptors (Lipinski definition) is 6. The molecule has 0 amide bonds. The maximum absolute atomic E-state index is 10.7. The Morgan fingerprint density at radius 2 is 1.84 bits per heavy atom. The maximum atomic E-state index is 10.7. The summed E-state index contributed by atoms with van der Waals surface area (Å²) in [6, 6.07) is 19.6. The fourth-order valence-electron chi connectivity index (χ4n) is 3.60. The predicted octanol–water partition coefficient (Wildman–Crippen LogP) is 3.33. The Bertz CT molecular complexity index is 1280. The van der Waals surface area contributed by atoms with Gasteiger partial charge in [-0.15, -0.1) is 0 Å². The zero-order valence-electron chi connectivity index (χ0n) is 17.4. The van der Waals surface area contributed by atoms with E-state index in [0.29, 0.717) is 17.9 Å². The van der Waals surface area contributed by atoms with Crippen molar-refractivity contribution in [1.29, 1.82) is 0 Å². The van der Waals surface area contributed by atoms with Gasteiger partial charge in [0.05, 0.1) is 23.4 Å². The van der Waals surface area contributed by atoms with E-state index in [-0.39, 0.29) is 0 Å². The standard InChI is InChI=1S/C24H23N7O/c32-24(27-11-6-13-30-14-12-25-17-30)21-16-23-28-20(18-7-2-1-3-8-18)15-22(31(23)29-21)19-9-4-5-10-26-19/h1-5,7-10,12,14-17,24,27,32H,6,11,13H2. The van der Waals surface area contributed by atoms with E-state index in [1.54, 1.807) is 23.2 Å². The van der Waals surface area contributed by atoms with Crippen molar-refractivity contribution in [2.24, 2.45) is 0 Å². The van der Waals surface area contributed by atoms with E-state index < -0.39 is 6.23 Å². The van der Waals surface area contributed by atoms with Crippen LogP contribution in [0, 0.1) is 0 Å². The van der Waals surface area contributed by atoms with Crippen LogP contribution in [0.5, 0.6) is 0 Å². The highest BCUT2D eigenvalue weighted by molar-refractivity contribution is 5.69. The predicted molar refractivity (Wildman–Crippen MR) is 121 cm³/mol. The van der Waals surface area contributed by atoms with Crippen molar-refractivity contribution < 1.29 is 5.11 Å². The van der Waals surface area contributed by atoms with E-state index in [0.717, 1.165) is 35.6 Å². The van der Waals surface area contributed by atoms with E-state index in [9.17, 15) is 5.11 Å². The molecule has 0 radical (unpaired) electrons. The van der Waals surface area contributed by atoms with Gasteiger partial charge >= 0.3 is 0 Å². The van der Waals surface area contributed by atoms with E-state index in [1.807, 2.05) is 71.4 Å². The van der Waals surface area contributed by atoms with Gasteiger partial charge in [0.2, 0.25) is 0 Å². The highest BCUT2D eigenvalue weighted by atomic mass is 16.3. The summed E-state index contributed by atoms with van der Waals surface area (Å²) in [5.41, 5.74) is 4.60. The molecule has 0 aliphatic carbocycles. The molecule has 4 aromatic heterocycles.